The molecular formula is C13H22S. The van der Waals surface area contributed by atoms with Gasteiger partial charge in [0.15, 0.2) is 0 Å². The lowest BCUT2D eigenvalue weighted by atomic mass is 10.0. The Morgan fingerprint density at radius 1 is 1.21 bits per heavy atom. The smallest absolute Gasteiger partial charge is 0.0181 e. The molecule has 0 radical (unpaired) electrons. The summed E-state index contributed by atoms with van der Waals surface area (Å²) in [6.45, 7) is 8.47. The van der Waals surface area contributed by atoms with Crippen molar-refractivity contribution in [3.05, 3.63) is 35.4 Å². The maximum absolute atomic E-state index is 2.31. The first-order valence-corrected chi connectivity index (χ1v) is 6.71. The molecular weight excluding hydrogens is 188 g/mol. The summed E-state index contributed by atoms with van der Waals surface area (Å²) in [6.07, 6.45) is 2.14. The fraction of sp³-hybridized carbons (Fsp3) is 0.538. The van der Waals surface area contributed by atoms with Crippen molar-refractivity contribution in [2.75, 3.05) is 6.26 Å². The zero-order valence-electron chi connectivity index (χ0n) is 10.0. The standard InChI is InChI=1S/C11H16S.C2H6/c1-9(2)11-6-4-5-10(7-11)8-12-3;1-2/h4-7,9H,8H2,1-3H3;1-2H3. The van der Waals surface area contributed by atoms with Gasteiger partial charge in [-0.1, -0.05) is 52.0 Å². The molecule has 1 aromatic rings. The normalized spacial score (nSPS) is 9.57. The highest BCUT2D eigenvalue weighted by Crippen LogP contribution is 2.17. The topological polar surface area (TPSA) is 0 Å². The third kappa shape index (κ3) is 4.71. The van der Waals surface area contributed by atoms with Crippen LogP contribution in [-0.4, -0.2) is 6.26 Å². The van der Waals surface area contributed by atoms with Crippen LogP contribution in [0.3, 0.4) is 0 Å². The van der Waals surface area contributed by atoms with Gasteiger partial charge in [0, 0.05) is 5.75 Å². The molecule has 0 saturated heterocycles. The van der Waals surface area contributed by atoms with E-state index in [1.807, 2.05) is 25.6 Å². The number of benzene rings is 1. The highest BCUT2D eigenvalue weighted by molar-refractivity contribution is 7.97. The Labute approximate surface area is 93.1 Å². The lowest BCUT2D eigenvalue weighted by molar-refractivity contribution is 0.864. The minimum atomic E-state index is 0.645. The molecule has 0 amide bonds. The van der Waals surface area contributed by atoms with Gasteiger partial charge in [-0.25, -0.2) is 0 Å². The molecule has 0 nitrogen and oxygen atoms in total. The molecule has 0 bridgehead atoms. The molecule has 1 rings (SSSR count). The fourth-order valence-electron chi connectivity index (χ4n) is 1.21. The van der Waals surface area contributed by atoms with E-state index in [0.717, 1.165) is 5.75 Å². The van der Waals surface area contributed by atoms with Crippen molar-refractivity contribution in [2.45, 2.75) is 39.4 Å². The molecule has 0 spiro atoms. The molecule has 14 heavy (non-hydrogen) atoms. The summed E-state index contributed by atoms with van der Waals surface area (Å²) in [5.74, 6) is 1.77. The maximum atomic E-state index is 2.31. The predicted molar refractivity (Wildman–Crippen MR) is 69.1 cm³/mol. The van der Waals surface area contributed by atoms with E-state index in [0.29, 0.717) is 5.92 Å². The van der Waals surface area contributed by atoms with Crippen LogP contribution in [0.25, 0.3) is 0 Å². The summed E-state index contributed by atoms with van der Waals surface area (Å²) >= 11 is 1.88. The van der Waals surface area contributed by atoms with Gasteiger partial charge in [-0.2, -0.15) is 11.8 Å². The van der Waals surface area contributed by atoms with Crippen LogP contribution in [0.15, 0.2) is 24.3 Å². The molecule has 1 heteroatoms. The van der Waals surface area contributed by atoms with E-state index in [1.165, 1.54) is 11.1 Å². The van der Waals surface area contributed by atoms with Crippen LogP contribution in [-0.2, 0) is 5.75 Å². The maximum Gasteiger partial charge on any atom is 0.0181 e. The van der Waals surface area contributed by atoms with Crippen molar-refractivity contribution in [2.24, 2.45) is 0 Å². The zero-order valence-corrected chi connectivity index (χ0v) is 10.8. The van der Waals surface area contributed by atoms with Gasteiger partial charge in [-0.3, -0.25) is 0 Å². The van der Waals surface area contributed by atoms with Crippen LogP contribution in [0.5, 0.6) is 0 Å². The Morgan fingerprint density at radius 2 is 1.86 bits per heavy atom. The summed E-state index contributed by atoms with van der Waals surface area (Å²) in [5, 5.41) is 0. The molecule has 0 saturated carbocycles. The van der Waals surface area contributed by atoms with E-state index in [9.17, 15) is 0 Å². The highest BCUT2D eigenvalue weighted by Gasteiger charge is 1.98. The van der Waals surface area contributed by atoms with Crippen LogP contribution in [0.4, 0.5) is 0 Å². The Kier molecular flexibility index (Phi) is 7.68. The van der Waals surface area contributed by atoms with Crippen molar-refractivity contribution in [3.8, 4) is 0 Å². The second kappa shape index (κ2) is 7.93. The third-order valence-electron chi connectivity index (χ3n) is 1.93. The summed E-state index contributed by atoms with van der Waals surface area (Å²) < 4.78 is 0. The molecule has 0 unspecified atom stereocenters. The summed E-state index contributed by atoms with van der Waals surface area (Å²) in [5.41, 5.74) is 2.88. The Balaban J connectivity index is 0.000000791. The third-order valence-corrected chi connectivity index (χ3v) is 2.55. The molecule has 0 N–H and O–H groups in total. The van der Waals surface area contributed by atoms with E-state index in [1.54, 1.807) is 0 Å². The van der Waals surface area contributed by atoms with Crippen molar-refractivity contribution in [3.63, 3.8) is 0 Å². The summed E-state index contributed by atoms with van der Waals surface area (Å²) in [7, 11) is 0. The second-order valence-corrected chi connectivity index (χ2v) is 4.20. The SMILES string of the molecule is CC.CSCc1cccc(C(C)C)c1. The minimum absolute atomic E-state index is 0.645. The number of hydrogen-bond acceptors (Lipinski definition) is 1. The van der Waals surface area contributed by atoms with Gasteiger partial charge in [-0.15, -0.1) is 0 Å². The van der Waals surface area contributed by atoms with Gasteiger partial charge in [0.1, 0.15) is 0 Å². The van der Waals surface area contributed by atoms with E-state index < -0.39 is 0 Å². The van der Waals surface area contributed by atoms with Gasteiger partial charge >= 0.3 is 0 Å². The van der Waals surface area contributed by atoms with E-state index in [4.69, 9.17) is 0 Å². The van der Waals surface area contributed by atoms with E-state index in [-0.39, 0.29) is 0 Å². The van der Waals surface area contributed by atoms with Crippen molar-refractivity contribution in [1.29, 1.82) is 0 Å². The molecule has 0 aliphatic heterocycles. The van der Waals surface area contributed by atoms with E-state index >= 15 is 0 Å². The van der Waals surface area contributed by atoms with Crippen LogP contribution in [0.2, 0.25) is 0 Å². The van der Waals surface area contributed by atoms with E-state index in [2.05, 4.69) is 44.4 Å². The number of hydrogen-bond donors (Lipinski definition) is 0. The Hall–Kier alpha value is -0.430. The highest BCUT2D eigenvalue weighted by atomic mass is 32.2. The van der Waals surface area contributed by atoms with Gasteiger partial charge in [-0.05, 0) is 23.3 Å². The minimum Gasteiger partial charge on any atom is -0.161 e. The number of rotatable bonds is 3. The fourth-order valence-corrected chi connectivity index (χ4v) is 1.72. The first kappa shape index (κ1) is 13.6. The Morgan fingerprint density at radius 3 is 2.36 bits per heavy atom. The van der Waals surface area contributed by atoms with Crippen molar-refractivity contribution < 1.29 is 0 Å². The molecule has 0 aromatic heterocycles. The molecule has 0 heterocycles. The molecule has 80 valence electrons. The first-order valence-electron chi connectivity index (χ1n) is 5.32. The molecule has 1 aromatic carbocycles. The lowest BCUT2D eigenvalue weighted by Gasteiger charge is -2.06. The molecule has 0 aliphatic carbocycles. The predicted octanol–water partition coefficient (Wildman–Crippen LogP) is 4.70. The summed E-state index contributed by atoms with van der Waals surface area (Å²) in [6, 6.07) is 8.86. The van der Waals surface area contributed by atoms with Crippen molar-refractivity contribution >= 4 is 11.8 Å². The van der Waals surface area contributed by atoms with Gasteiger partial charge in [0.05, 0.1) is 0 Å². The van der Waals surface area contributed by atoms with Gasteiger partial charge in [0.2, 0.25) is 0 Å². The Bertz CT molecular complexity index is 241. The van der Waals surface area contributed by atoms with Crippen LogP contribution in [0, 0.1) is 0 Å². The van der Waals surface area contributed by atoms with Gasteiger partial charge in [0.25, 0.3) is 0 Å². The summed E-state index contributed by atoms with van der Waals surface area (Å²) in [4.78, 5) is 0. The molecule has 0 aliphatic rings. The number of thioether (sulfide) groups is 1. The van der Waals surface area contributed by atoms with Crippen molar-refractivity contribution in [1.82, 2.24) is 0 Å². The van der Waals surface area contributed by atoms with Gasteiger partial charge < -0.3 is 0 Å². The lowest BCUT2D eigenvalue weighted by Crippen LogP contribution is -1.88. The quantitative estimate of drug-likeness (QED) is 0.697. The average Bonchev–Trinajstić information content (AvgIpc) is 2.22. The largest absolute Gasteiger partial charge is 0.161 e. The van der Waals surface area contributed by atoms with Crippen LogP contribution in [0.1, 0.15) is 44.7 Å². The molecule has 0 atom stereocenters. The zero-order chi connectivity index (χ0) is 11.0. The second-order valence-electron chi connectivity index (χ2n) is 3.33. The van der Waals surface area contributed by atoms with Crippen LogP contribution < -0.4 is 0 Å². The monoisotopic (exact) mass is 210 g/mol. The first-order chi connectivity index (χ1) is 6.74. The van der Waals surface area contributed by atoms with Crippen LogP contribution >= 0.6 is 11.8 Å². The average molecular weight is 210 g/mol. The molecule has 0 fully saturated rings.